The fourth-order valence-electron chi connectivity index (χ4n) is 2.57. The van der Waals surface area contributed by atoms with E-state index in [1.807, 2.05) is 20.8 Å². The number of nitrogens with one attached hydrogen (secondary N) is 2. The molecule has 2 rings (SSSR count). The zero-order valence-corrected chi connectivity index (χ0v) is 15.8. The van der Waals surface area contributed by atoms with Gasteiger partial charge in [-0.1, -0.05) is 6.92 Å². The monoisotopic (exact) mass is 347 g/mol. The molecule has 0 atom stereocenters. The number of ether oxygens (including phenoxy) is 1. The number of rotatable bonds is 7. The van der Waals surface area contributed by atoms with E-state index in [0.717, 1.165) is 25.1 Å². The van der Waals surface area contributed by atoms with Crippen molar-refractivity contribution in [3.05, 3.63) is 35.8 Å². The Morgan fingerprint density at radius 3 is 2.76 bits per heavy atom. The number of hydrogen-bond acceptors (Lipinski definition) is 4. The second-order valence-electron chi connectivity index (χ2n) is 7.07. The Bertz CT molecular complexity index is 697. The Kier molecular flexibility index (Phi) is 6.25. The van der Waals surface area contributed by atoms with Gasteiger partial charge in [0.1, 0.15) is 11.4 Å². The third-order valence-electron chi connectivity index (χ3n) is 3.64. The lowest BCUT2D eigenvalue weighted by atomic mass is 10.2. The minimum atomic E-state index is -0.536. The highest BCUT2D eigenvalue weighted by molar-refractivity contribution is 5.84. The maximum absolute atomic E-state index is 12.0. The minimum Gasteiger partial charge on any atom is -0.444 e. The standard InChI is InChI=1S/C18H29N5O2/c1-6-9-23-10-7-8-15(23)13-19-11-14-12-20-22(5)16(14)21-17(24)25-18(2,3)4/h7-8,10,12,19H,6,9,11,13H2,1-5H3,(H,21,24). The summed E-state index contributed by atoms with van der Waals surface area (Å²) in [4.78, 5) is 12.0. The highest BCUT2D eigenvalue weighted by Crippen LogP contribution is 2.16. The van der Waals surface area contributed by atoms with Gasteiger partial charge in [-0.05, 0) is 39.3 Å². The summed E-state index contributed by atoms with van der Waals surface area (Å²) in [7, 11) is 1.79. The van der Waals surface area contributed by atoms with Crippen molar-refractivity contribution in [2.75, 3.05) is 5.32 Å². The Hall–Kier alpha value is -2.28. The van der Waals surface area contributed by atoms with E-state index in [1.165, 1.54) is 5.69 Å². The molecule has 0 spiro atoms. The summed E-state index contributed by atoms with van der Waals surface area (Å²) in [5.41, 5.74) is 1.63. The molecule has 7 heteroatoms. The van der Waals surface area contributed by atoms with Crippen LogP contribution in [-0.4, -0.2) is 26.0 Å². The number of amides is 1. The van der Waals surface area contributed by atoms with Gasteiger partial charge in [0.15, 0.2) is 0 Å². The molecule has 0 unspecified atom stereocenters. The van der Waals surface area contributed by atoms with Crippen molar-refractivity contribution in [3.8, 4) is 0 Å². The van der Waals surface area contributed by atoms with E-state index in [0.29, 0.717) is 12.4 Å². The zero-order valence-electron chi connectivity index (χ0n) is 15.8. The molecule has 0 aliphatic rings. The number of carbonyl (C=O) groups excluding carboxylic acids is 1. The van der Waals surface area contributed by atoms with Crippen molar-refractivity contribution < 1.29 is 9.53 Å². The van der Waals surface area contributed by atoms with Gasteiger partial charge in [0, 0.05) is 44.1 Å². The number of carbonyl (C=O) groups is 1. The fraction of sp³-hybridized carbons (Fsp3) is 0.556. The smallest absolute Gasteiger partial charge is 0.413 e. The van der Waals surface area contributed by atoms with E-state index >= 15 is 0 Å². The molecule has 2 N–H and O–H groups in total. The van der Waals surface area contributed by atoms with Crippen LogP contribution in [0, 0.1) is 0 Å². The Balaban J connectivity index is 1.94. The molecule has 7 nitrogen and oxygen atoms in total. The molecule has 25 heavy (non-hydrogen) atoms. The molecule has 0 bridgehead atoms. The first-order valence-corrected chi connectivity index (χ1v) is 8.65. The first kappa shape index (κ1) is 19.1. The lowest BCUT2D eigenvalue weighted by Gasteiger charge is -2.20. The summed E-state index contributed by atoms with van der Waals surface area (Å²) >= 11 is 0. The Labute approximate surface area is 149 Å². The summed E-state index contributed by atoms with van der Waals surface area (Å²) in [6, 6.07) is 4.18. The van der Waals surface area contributed by atoms with Gasteiger partial charge in [-0.3, -0.25) is 10.00 Å². The van der Waals surface area contributed by atoms with Crippen LogP contribution in [0.1, 0.15) is 45.4 Å². The Morgan fingerprint density at radius 1 is 1.32 bits per heavy atom. The number of aromatic nitrogens is 3. The maximum Gasteiger partial charge on any atom is 0.413 e. The number of aryl methyl sites for hydroxylation is 2. The molecule has 2 heterocycles. The van der Waals surface area contributed by atoms with Crippen LogP contribution in [0.2, 0.25) is 0 Å². The van der Waals surface area contributed by atoms with Gasteiger partial charge in [0.2, 0.25) is 0 Å². The molecule has 1 amide bonds. The summed E-state index contributed by atoms with van der Waals surface area (Å²) in [5, 5.41) is 10.4. The normalized spacial score (nSPS) is 11.6. The van der Waals surface area contributed by atoms with Crippen molar-refractivity contribution in [2.24, 2.45) is 7.05 Å². The van der Waals surface area contributed by atoms with Crippen molar-refractivity contribution in [1.29, 1.82) is 0 Å². The first-order chi connectivity index (χ1) is 11.8. The highest BCUT2D eigenvalue weighted by atomic mass is 16.6. The average molecular weight is 347 g/mol. The van der Waals surface area contributed by atoms with Crippen LogP contribution < -0.4 is 10.6 Å². The fourth-order valence-corrected chi connectivity index (χ4v) is 2.57. The number of nitrogens with zero attached hydrogens (tertiary/aromatic N) is 3. The van der Waals surface area contributed by atoms with Crippen LogP contribution in [0.3, 0.4) is 0 Å². The molecule has 0 fully saturated rings. The van der Waals surface area contributed by atoms with E-state index in [9.17, 15) is 4.79 Å². The molecule has 0 saturated heterocycles. The third-order valence-corrected chi connectivity index (χ3v) is 3.64. The SMILES string of the molecule is CCCn1cccc1CNCc1cnn(C)c1NC(=O)OC(C)(C)C. The summed E-state index contributed by atoms with van der Waals surface area (Å²) in [5.74, 6) is 0.644. The van der Waals surface area contributed by atoms with Gasteiger partial charge in [-0.25, -0.2) is 4.79 Å². The molecule has 2 aromatic heterocycles. The van der Waals surface area contributed by atoms with Crippen LogP contribution in [-0.2, 0) is 31.4 Å². The topological polar surface area (TPSA) is 73.1 Å². The second kappa shape index (κ2) is 8.20. The van der Waals surface area contributed by atoms with Crippen LogP contribution in [0.15, 0.2) is 24.5 Å². The highest BCUT2D eigenvalue weighted by Gasteiger charge is 2.19. The van der Waals surface area contributed by atoms with Crippen molar-refractivity contribution in [1.82, 2.24) is 19.7 Å². The number of anilines is 1. The van der Waals surface area contributed by atoms with E-state index in [4.69, 9.17) is 4.74 Å². The van der Waals surface area contributed by atoms with E-state index in [1.54, 1.807) is 17.9 Å². The quantitative estimate of drug-likeness (QED) is 0.806. The first-order valence-electron chi connectivity index (χ1n) is 8.65. The van der Waals surface area contributed by atoms with Gasteiger partial charge >= 0.3 is 6.09 Å². The lowest BCUT2D eigenvalue weighted by Crippen LogP contribution is -2.28. The molecule has 0 aliphatic heterocycles. The largest absolute Gasteiger partial charge is 0.444 e. The minimum absolute atomic E-state index is 0.478. The summed E-state index contributed by atoms with van der Waals surface area (Å²) in [6.45, 7) is 10.1. The summed E-state index contributed by atoms with van der Waals surface area (Å²) < 4.78 is 9.20. The maximum atomic E-state index is 12.0. The number of hydrogen-bond donors (Lipinski definition) is 2. The van der Waals surface area contributed by atoms with Crippen LogP contribution in [0.4, 0.5) is 10.6 Å². The van der Waals surface area contributed by atoms with E-state index in [2.05, 4.69) is 45.6 Å². The molecule has 0 saturated carbocycles. The molecule has 0 aliphatic carbocycles. The molecule has 0 radical (unpaired) electrons. The van der Waals surface area contributed by atoms with Crippen LogP contribution in [0.25, 0.3) is 0 Å². The predicted molar refractivity (Wildman–Crippen MR) is 98.3 cm³/mol. The van der Waals surface area contributed by atoms with Crippen molar-refractivity contribution in [3.63, 3.8) is 0 Å². The van der Waals surface area contributed by atoms with Gasteiger partial charge in [-0.15, -0.1) is 0 Å². The van der Waals surface area contributed by atoms with Gasteiger partial charge in [-0.2, -0.15) is 5.10 Å². The lowest BCUT2D eigenvalue weighted by molar-refractivity contribution is 0.0634. The van der Waals surface area contributed by atoms with E-state index in [-0.39, 0.29) is 0 Å². The second-order valence-corrected chi connectivity index (χ2v) is 7.07. The van der Waals surface area contributed by atoms with Crippen molar-refractivity contribution >= 4 is 11.9 Å². The average Bonchev–Trinajstić information content (AvgIpc) is 3.07. The Morgan fingerprint density at radius 2 is 2.08 bits per heavy atom. The summed E-state index contributed by atoms with van der Waals surface area (Å²) in [6.07, 6.45) is 4.48. The molecule has 2 aromatic rings. The zero-order chi connectivity index (χ0) is 18.4. The molecule has 138 valence electrons. The van der Waals surface area contributed by atoms with Crippen LogP contribution >= 0.6 is 0 Å². The van der Waals surface area contributed by atoms with Gasteiger partial charge in [0.25, 0.3) is 0 Å². The molecular weight excluding hydrogens is 318 g/mol. The van der Waals surface area contributed by atoms with Gasteiger partial charge < -0.3 is 14.6 Å². The third kappa shape index (κ3) is 5.63. The van der Waals surface area contributed by atoms with Crippen molar-refractivity contribution in [2.45, 2.75) is 59.4 Å². The molecular formula is C18H29N5O2. The molecule has 0 aromatic carbocycles. The predicted octanol–water partition coefficient (Wildman–Crippen LogP) is 3.27. The van der Waals surface area contributed by atoms with Crippen LogP contribution in [0.5, 0.6) is 0 Å². The van der Waals surface area contributed by atoms with Gasteiger partial charge in [0.05, 0.1) is 6.20 Å². The van der Waals surface area contributed by atoms with E-state index < -0.39 is 11.7 Å².